The van der Waals surface area contributed by atoms with E-state index >= 15 is 0 Å². The minimum Gasteiger partial charge on any atom is -0.480 e. The van der Waals surface area contributed by atoms with Gasteiger partial charge in [-0.15, -0.1) is 0 Å². The van der Waals surface area contributed by atoms with Crippen molar-refractivity contribution in [2.45, 2.75) is 50.7 Å². The fourth-order valence-corrected chi connectivity index (χ4v) is 3.88. The number of carbonyl (C=O) groups excluding carboxylic acids is 3. The Labute approximate surface area is 185 Å². The highest BCUT2D eigenvalue weighted by atomic mass is 16.4. The molecule has 2 aromatic rings. The molecule has 0 unspecified atom stereocenters. The summed E-state index contributed by atoms with van der Waals surface area (Å²) in [6.45, 7) is 1.63. The van der Waals surface area contributed by atoms with Crippen molar-refractivity contribution >= 4 is 23.7 Å². The van der Waals surface area contributed by atoms with Crippen LogP contribution in [0.4, 0.5) is 0 Å². The molecule has 0 spiro atoms. The van der Waals surface area contributed by atoms with E-state index in [4.69, 9.17) is 0 Å². The van der Waals surface area contributed by atoms with E-state index in [1.54, 1.807) is 6.20 Å². The molecule has 0 saturated carbocycles. The zero-order valence-corrected chi connectivity index (χ0v) is 17.8. The molecule has 32 heavy (non-hydrogen) atoms. The number of H-pyrrole nitrogens is 1. The van der Waals surface area contributed by atoms with Gasteiger partial charge in [0.05, 0.1) is 6.33 Å². The van der Waals surface area contributed by atoms with E-state index in [2.05, 4.69) is 20.6 Å². The summed E-state index contributed by atoms with van der Waals surface area (Å²) in [7, 11) is 0. The van der Waals surface area contributed by atoms with Gasteiger partial charge < -0.3 is 25.6 Å². The van der Waals surface area contributed by atoms with Gasteiger partial charge in [-0.3, -0.25) is 14.4 Å². The second-order valence-electron chi connectivity index (χ2n) is 7.81. The van der Waals surface area contributed by atoms with Gasteiger partial charge in [0.25, 0.3) is 0 Å². The van der Waals surface area contributed by atoms with Crippen LogP contribution in [0.25, 0.3) is 0 Å². The molecule has 10 heteroatoms. The summed E-state index contributed by atoms with van der Waals surface area (Å²) in [5, 5.41) is 14.8. The SMILES string of the molecule is CC(=O)N[C@H](Cc1ccccc1)C(=O)N[C@@H](Cc1cnc[nH]1)C(=O)N1CCC[C@@H]1C(=O)O. The Bertz CT molecular complexity index is 947. The molecule has 1 aromatic carbocycles. The maximum absolute atomic E-state index is 13.3. The molecule has 3 rings (SSSR count). The number of benzene rings is 1. The van der Waals surface area contributed by atoms with E-state index in [0.717, 1.165) is 5.56 Å². The number of carbonyl (C=O) groups is 4. The van der Waals surface area contributed by atoms with Gasteiger partial charge in [0.2, 0.25) is 17.7 Å². The molecule has 1 aliphatic heterocycles. The van der Waals surface area contributed by atoms with Crippen molar-refractivity contribution in [1.82, 2.24) is 25.5 Å². The number of amides is 3. The van der Waals surface area contributed by atoms with Crippen LogP contribution in [0.3, 0.4) is 0 Å². The lowest BCUT2D eigenvalue weighted by atomic mass is 10.0. The zero-order valence-electron chi connectivity index (χ0n) is 17.8. The van der Waals surface area contributed by atoms with Crippen molar-refractivity contribution in [2.75, 3.05) is 6.54 Å². The van der Waals surface area contributed by atoms with Crippen LogP contribution in [0.2, 0.25) is 0 Å². The molecule has 1 aliphatic rings. The Balaban J connectivity index is 1.79. The summed E-state index contributed by atoms with van der Waals surface area (Å²) in [6.07, 6.45) is 4.32. The number of hydrogen-bond donors (Lipinski definition) is 4. The number of aromatic nitrogens is 2. The van der Waals surface area contributed by atoms with Gasteiger partial charge in [-0.1, -0.05) is 30.3 Å². The number of likely N-dealkylation sites (tertiary alicyclic amines) is 1. The van der Waals surface area contributed by atoms with Crippen molar-refractivity contribution in [3.05, 3.63) is 54.1 Å². The molecule has 170 valence electrons. The maximum Gasteiger partial charge on any atom is 0.326 e. The van der Waals surface area contributed by atoms with Gasteiger partial charge in [-0.2, -0.15) is 0 Å². The van der Waals surface area contributed by atoms with Crippen molar-refractivity contribution in [3.8, 4) is 0 Å². The van der Waals surface area contributed by atoms with Gasteiger partial charge in [0.1, 0.15) is 18.1 Å². The number of imidazole rings is 1. The predicted octanol–water partition coefficient (Wildman–Crippen LogP) is 0.260. The molecule has 1 aromatic heterocycles. The highest BCUT2D eigenvalue weighted by Gasteiger charge is 2.38. The zero-order chi connectivity index (χ0) is 23.1. The van der Waals surface area contributed by atoms with Crippen molar-refractivity contribution in [2.24, 2.45) is 0 Å². The lowest BCUT2D eigenvalue weighted by molar-refractivity contribution is -0.149. The first kappa shape index (κ1) is 23.0. The summed E-state index contributed by atoms with van der Waals surface area (Å²) in [6, 6.07) is 6.40. The molecule has 3 atom stereocenters. The number of rotatable bonds is 9. The lowest BCUT2D eigenvalue weighted by Gasteiger charge is -2.28. The predicted molar refractivity (Wildman–Crippen MR) is 114 cm³/mol. The van der Waals surface area contributed by atoms with E-state index in [0.29, 0.717) is 25.1 Å². The first-order chi connectivity index (χ1) is 15.3. The first-order valence-electron chi connectivity index (χ1n) is 10.5. The maximum atomic E-state index is 13.3. The minimum absolute atomic E-state index is 0.117. The van der Waals surface area contributed by atoms with Crippen molar-refractivity contribution < 1.29 is 24.3 Å². The molecule has 3 amide bonds. The second-order valence-corrected chi connectivity index (χ2v) is 7.81. The van der Waals surface area contributed by atoms with E-state index in [1.807, 2.05) is 30.3 Å². The van der Waals surface area contributed by atoms with Crippen LogP contribution < -0.4 is 10.6 Å². The molecular formula is C22H27N5O5. The molecule has 0 radical (unpaired) electrons. The molecule has 1 fully saturated rings. The molecule has 2 heterocycles. The van der Waals surface area contributed by atoms with E-state index < -0.39 is 35.9 Å². The molecular weight excluding hydrogens is 414 g/mol. The lowest BCUT2D eigenvalue weighted by Crippen LogP contribution is -2.56. The van der Waals surface area contributed by atoms with Crippen molar-refractivity contribution in [1.29, 1.82) is 0 Å². The van der Waals surface area contributed by atoms with E-state index in [1.165, 1.54) is 18.2 Å². The summed E-state index contributed by atoms with van der Waals surface area (Å²) in [4.78, 5) is 57.8. The average Bonchev–Trinajstić information content (AvgIpc) is 3.45. The van der Waals surface area contributed by atoms with Crippen LogP contribution in [0.15, 0.2) is 42.9 Å². The number of aliphatic carboxylic acids is 1. The summed E-state index contributed by atoms with van der Waals surface area (Å²) in [5.74, 6) is -2.43. The van der Waals surface area contributed by atoms with E-state index in [-0.39, 0.29) is 18.7 Å². The largest absolute Gasteiger partial charge is 0.480 e. The molecule has 4 N–H and O–H groups in total. The Morgan fingerprint density at radius 1 is 1.16 bits per heavy atom. The third-order valence-corrected chi connectivity index (χ3v) is 5.39. The third kappa shape index (κ3) is 5.93. The van der Waals surface area contributed by atoms with Crippen LogP contribution in [0.1, 0.15) is 31.0 Å². The normalized spacial score (nSPS) is 17.4. The third-order valence-electron chi connectivity index (χ3n) is 5.39. The number of carboxylic acids is 1. The van der Waals surface area contributed by atoms with Crippen molar-refractivity contribution in [3.63, 3.8) is 0 Å². The average molecular weight is 441 g/mol. The van der Waals surface area contributed by atoms with Gasteiger partial charge in [-0.05, 0) is 18.4 Å². The number of nitrogens with one attached hydrogen (secondary N) is 3. The molecule has 10 nitrogen and oxygen atoms in total. The fraction of sp³-hybridized carbons (Fsp3) is 0.409. The summed E-state index contributed by atoms with van der Waals surface area (Å²) >= 11 is 0. The highest BCUT2D eigenvalue weighted by molar-refractivity contribution is 5.93. The number of carboxylic acid groups (broad SMARTS) is 1. The highest BCUT2D eigenvalue weighted by Crippen LogP contribution is 2.19. The Morgan fingerprint density at radius 2 is 1.91 bits per heavy atom. The smallest absolute Gasteiger partial charge is 0.326 e. The number of nitrogens with zero attached hydrogens (tertiary/aromatic N) is 2. The van der Waals surface area contributed by atoms with Crippen LogP contribution in [-0.4, -0.2) is 68.3 Å². The Morgan fingerprint density at radius 3 is 2.53 bits per heavy atom. The van der Waals surface area contributed by atoms with Gasteiger partial charge in [-0.25, -0.2) is 9.78 Å². The monoisotopic (exact) mass is 441 g/mol. The van der Waals surface area contributed by atoms with Crippen LogP contribution in [0.5, 0.6) is 0 Å². The quantitative estimate of drug-likeness (QED) is 0.439. The fourth-order valence-electron chi connectivity index (χ4n) is 3.88. The molecule has 0 bridgehead atoms. The molecule has 0 aliphatic carbocycles. The second kappa shape index (κ2) is 10.6. The van der Waals surface area contributed by atoms with E-state index in [9.17, 15) is 24.3 Å². The Kier molecular flexibility index (Phi) is 7.58. The van der Waals surface area contributed by atoms with Gasteiger partial charge in [0, 0.05) is 38.2 Å². The van der Waals surface area contributed by atoms with Gasteiger partial charge >= 0.3 is 5.97 Å². The minimum atomic E-state index is -1.07. The first-order valence-corrected chi connectivity index (χ1v) is 10.5. The topological polar surface area (TPSA) is 144 Å². The summed E-state index contributed by atoms with van der Waals surface area (Å²) in [5.41, 5.74) is 1.47. The standard InChI is InChI=1S/C22H27N5O5/c1-14(28)25-17(10-15-6-3-2-4-7-15)20(29)26-18(11-16-12-23-13-24-16)21(30)27-9-5-8-19(27)22(31)32/h2-4,6-7,12-13,17-19H,5,8-11H2,1H3,(H,23,24)(H,25,28)(H,26,29)(H,31,32)/t17-,18+,19-/m1/s1. The van der Waals surface area contributed by atoms with Crippen LogP contribution >= 0.6 is 0 Å². The Hall–Kier alpha value is -3.69. The number of aromatic amines is 1. The summed E-state index contributed by atoms with van der Waals surface area (Å²) < 4.78 is 0. The van der Waals surface area contributed by atoms with Crippen LogP contribution in [-0.2, 0) is 32.0 Å². The van der Waals surface area contributed by atoms with Crippen LogP contribution in [0, 0.1) is 0 Å². The molecule has 1 saturated heterocycles. The van der Waals surface area contributed by atoms with Gasteiger partial charge in [0.15, 0.2) is 0 Å². The number of hydrogen-bond acceptors (Lipinski definition) is 5.